The van der Waals surface area contributed by atoms with E-state index in [1.807, 2.05) is 80.6 Å². The van der Waals surface area contributed by atoms with Gasteiger partial charge in [0.2, 0.25) is 10.0 Å². The minimum Gasteiger partial charge on any atom is -0.302 e. The molecule has 0 N–H and O–H groups in total. The minimum absolute atomic E-state index is 0.134. The first kappa shape index (κ1) is 26.8. The van der Waals surface area contributed by atoms with Crippen LogP contribution in [-0.2, 0) is 29.4 Å². The van der Waals surface area contributed by atoms with Gasteiger partial charge in [0.05, 0.1) is 23.2 Å². The number of hydrogen-bond donors (Lipinski definition) is 0. The van der Waals surface area contributed by atoms with E-state index in [9.17, 15) is 13.2 Å². The molecule has 1 aliphatic rings. The van der Waals surface area contributed by atoms with Gasteiger partial charge in [-0.3, -0.25) is 9.78 Å². The molecular formula is C32H33N3O3S. The molecule has 1 aromatic heterocycles. The standard InChI is InChI=1S/C32H33N3O3S/c1-4-24-13-18-29(19-14-24)39(37,38)34(3)31-20-16-25-15-17-28(21-30(25)31)35(22-27-12-8-9-23(2)33-27)32(36)26-10-6-5-7-11-26/h5-15,17-19,21,31H,4,16,20,22H2,1-3H3. The van der Waals surface area contributed by atoms with Crippen molar-refractivity contribution in [2.75, 3.05) is 11.9 Å². The Bertz CT molecular complexity index is 1590. The molecular weight excluding hydrogens is 506 g/mol. The third-order valence-corrected chi connectivity index (χ3v) is 9.35. The second-order valence-electron chi connectivity index (χ2n) is 9.98. The quantitative estimate of drug-likeness (QED) is 0.271. The van der Waals surface area contributed by atoms with Crippen LogP contribution in [0.15, 0.2) is 95.9 Å². The first-order chi connectivity index (χ1) is 18.8. The summed E-state index contributed by atoms with van der Waals surface area (Å²) in [7, 11) is -2.04. The van der Waals surface area contributed by atoms with Crippen LogP contribution in [0.25, 0.3) is 0 Å². The smallest absolute Gasteiger partial charge is 0.258 e. The number of sulfonamides is 1. The van der Waals surface area contributed by atoms with Crippen LogP contribution >= 0.6 is 0 Å². The minimum atomic E-state index is -3.69. The van der Waals surface area contributed by atoms with Gasteiger partial charge in [-0.1, -0.05) is 49.4 Å². The fourth-order valence-electron chi connectivity index (χ4n) is 5.21. The van der Waals surface area contributed by atoms with Crippen LogP contribution < -0.4 is 4.90 Å². The van der Waals surface area contributed by atoms with Crippen molar-refractivity contribution in [2.45, 2.75) is 50.6 Å². The second-order valence-corrected chi connectivity index (χ2v) is 12.0. The predicted octanol–water partition coefficient (Wildman–Crippen LogP) is 6.11. The normalized spacial score (nSPS) is 14.8. The Balaban J connectivity index is 1.50. The Morgan fingerprint density at radius 1 is 0.949 bits per heavy atom. The number of rotatable bonds is 8. The summed E-state index contributed by atoms with van der Waals surface area (Å²) in [6.07, 6.45) is 2.32. The van der Waals surface area contributed by atoms with Crippen molar-refractivity contribution in [3.63, 3.8) is 0 Å². The maximum absolute atomic E-state index is 13.7. The van der Waals surface area contributed by atoms with Gasteiger partial charge in [-0.15, -0.1) is 0 Å². The molecule has 0 saturated heterocycles. The summed E-state index contributed by atoms with van der Waals surface area (Å²) < 4.78 is 28.6. The molecule has 0 bridgehead atoms. The number of amides is 1. The maximum Gasteiger partial charge on any atom is 0.258 e. The van der Waals surface area contributed by atoms with Crippen LogP contribution in [0, 0.1) is 6.92 Å². The molecule has 1 unspecified atom stereocenters. The van der Waals surface area contributed by atoms with Crippen LogP contribution in [0.5, 0.6) is 0 Å². The fraction of sp³-hybridized carbons (Fsp3) is 0.250. The van der Waals surface area contributed by atoms with E-state index in [0.717, 1.165) is 46.6 Å². The lowest BCUT2D eigenvalue weighted by atomic mass is 10.1. The first-order valence-electron chi connectivity index (χ1n) is 13.3. The molecule has 0 radical (unpaired) electrons. The lowest BCUT2D eigenvalue weighted by Crippen LogP contribution is -2.32. The van der Waals surface area contributed by atoms with Crippen molar-refractivity contribution in [1.82, 2.24) is 9.29 Å². The lowest BCUT2D eigenvalue weighted by Gasteiger charge is -2.27. The number of anilines is 1. The molecule has 7 heteroatoms. The number of benzene rings is 3. The maximum atomic E-state index is 13.7. The topological polar surface area (TPSA) is 70.6 Å². The van der Waals surface area contributed by atoms with Crippen LogP contribution in [0.1, 0.15) is 57.8 Å². The van der Waals surface area contributed by atoms with Gasteiger partial charge in [0.25, 0.3) is 5.91 Å². The highest BCUT2D eigenvalue weighted by molar-refractivity contribution is 7.89. The van der Waals surface area contributed by atoms with E-state index in [1.54, 1.807) is 36.2 Å². The molecule has 1 atom stereocenters. The summed E-state index contributed by atoms with van der Waals surface area (Å²) >= 11 is 0. The van der Waals surface area contributed by atoms with Gasteiger partial charge in [-0.2, -0.15) is 4.31 Å². The molecule has 1 heterocycles. The number of hydrogen-bond acceptors (Lipinski definition) is 4. The zero-order valence-corrected chi connectivity index (χ0v) is 23.4. The summed E-state index contributed by atoms with van der Waals surface area (Å²) in [5.41, 5.74) is 6.10. The number of carbonyl (C=O) groups is 1. The number of carbonyl (C=O) groups excluding carboxylic acids is 1. The third-order valence-electron chi connectivity index (χ3n) is 7.47. The van der Waals surface area contributed by atoms with E-state index in [1.165, 1.54) is 4.31 Å². The van der Waals surface area contributed by atoms with Crippen molar-refractivity contribution in [1.29, 1.82) is 0 Å². The summed E-state index contributed by atoms with van der Waals surface area (Å²) in [5, 5.41) is 0. The summed E-state index contributed by atoms with van der Waals surface area (Å²) in [5.74, 6) is -0.134. The van der Waals surface area contributed by atoms with Gasteiger partial charge < -0.3 is 4.90 Å². The third kappa shape index (κ3) is 5.51. The molecule has 1 amide bonds. The van der Waals surface area contributed by atoms with Crippen molar-refractivity contribution in [2.24, 2.45) is 0 Å². The summed E-state index contributed by atoms with van der Waals surface area (Å²) in [6, 6.07) is 27.7. The molecule has 4 aromatic rings. The van der Waals surface area contributed by atoms with Gasteiger partial charge in [0, 0.05) is 24.0 Å². The van der Waals surface area contributed by atoms with Crippen LogP contribution in [0.2, 0.25) is 0 Å². The van der Waals surface area contributed by atoms with Crippen molar-refractivity contribution in [3.05, 3.63) is 125 Å². The Morgan fingerprint density at radius 3 is 2.38 bits per heavy atom. The molecule has 5 rings (SSSR count). The molecule has 0 fully saturated rings. The van der Waals surface area contributed by atoms with Crippen LogP contribution in [0.3, 0.4) is 0 Å². The van der Waals surface area contributed by atoms with E-state index in [0.29, 0.717) is 23.4 Å². The van der Waals surface area contributed by atoms with Gasteiger partial charge in [0.1, 0.15) is 0 Å². The number of aromatic nitrogens is 1. The second kappa shape index (κ2) is 11.1. The highest BCUT2D eigenvalue weighted by Gasteiger charge is 2.34. The highest BCUT2D eigenvalue weighted by atomic mass is 32.2. The highest BCUT2D eigenvalue weighted by Crippen LogP contribution is 2.40. The molecule has 3 aromatic carbocycles. The molecule has 0 aliphatic heterocycles. The van der Waals surface area contributed by atoms with Gasteiger partial charge in [-0.25, -0.2) is 8.42 Å². The number of pyridine rings is 1. The lowest BCUT2D eigenvalue weighted by molar-refractivity contribution is 0.0984. The Hall–Kier alpha value is -3.81. The van der Waals surface area contributed by atoms with E-state index < -0.39 is 10.0 Å². The monoisotopic (exact) mass is 539 g/mol. The predicted molar refractivity (Wildman–Crippen MR) is 154 cm³/mol. The van der Waals surface area contributed by atoms with Crippen molar-refractivity contribution < 1.29 is 13.2 Å². The molecule has 6 nitrogen and oxygen atoms in total. The number of fused-ring (bicyclic) bond motifs is 1. The van der Waals surface area contributed by atoms with E-state index in [4.69, 9.17) is 0 Å². The van der Waals surface area contributed by atoms with E-state index >= 15 is 0 Å². The Morgan fingerprint density at radius 2 is 1.69 bits per heavy atom. The summed E-state index contributed by atoms with van der Waals surface area (Å²) in [6.45, 7) is 4.28. The largest absolute Gasteiger partial charge is 0.302 e. The fourth-order valence-corrected chi connectivity index (χ4v) is 6.58. The van der Waals surface area contributed by atoms with Gasteiger partial charge in [-0.05, 0) is 91.4 Å². The van der Waals surface area contributed by atoms with Crippen molar-refractivity contribution >= 4 is 21.6 Å². The molecule has 1 aliphatic carbocycles. The molecule has 39 heavy (non-hydrogen) atoms. The van der Waals surface area contributed by atoms with Crippen LogP contribution in [0.4, 0.5) is 5.69 Å². The van der Waals surface area contributed by atoms with Crippen LogP contribution in [-0.4, -0.2) is 30.7 Å². The Kier molecular flexibility index (Phi) is 7.64. The Labute approximate surface area is 231 Å². The van der Waals surface area contributed by atoms with E-state index in [2.05, 4.69) is 4.98 Å². The average molecular weight is 540 g/mol. The summed E-state index contributed by atoms with van der Waals surface area (Å²) in [4.78, 5) is 20.4. The zero-order chi connectivity index (χ0) is 27.6. The molecule has 0 saturated carbocycles. The van der Waals surface area contributed by atoms with Gasteiger partial charge in [0.15, 0.2) is 0 Å². The van der Waals surface area contributed by atoms with Gasteiger partial charge >= 0.3 is 0 Å². The molecule has 200 valence electrons. The average Bonchev–Trinajstić information content (AvgIpc) is 3.39. The number of aryl methyl sites for hydroxylation is 3. The van der Waals surface area contributed by atoms with Crippen molar-refractivity contribution in [3.8, 4) is 0 Å². The SMILES string of the molecule is CCc1ccc(S(=O)(=O)N(C)C2CCc3ccc(N(Cc4cccc(C)n4)C(=O)c4ccccc4)cc32)cc1. The van der Waals surface area contributed by atoms with E-state index in [-0.39, 0.29) is 11.9 Å². The zero-order valence-electron chi connectivity index (χ0n) is 22.5. The first-order valence-corrected chi connectivity index (χ1v) is 14.7. The number of nitrogens with zero attached hydrogens (tertiary/aromatic N) is 3. The molecule has 0 spiro atoms.